The highest BCUT2D eigenvalue weighted by molar-refractivity contribution is 6.07. The number of aryl methyl sites for hydroxylation is 1. The maximum absolute atomic E-state index is 13.1. The van der Waals surface area contributed by atoms with Crippen molar-refractivity contribution < 1.29 is 9.59 Å². The number of nitrogens with one attached hydrogen (secondary N) is 3. The Morgan fingerprint density at radius 1 is 1.29 bits per heavy atom. The van der Waals surface area contributed by atoms with E-state index in [0.717, 1.165) is 30.2 Å². The molecule has 1 fully saturated rings. The van der Waals surface area contributed by atoms with Crippen molar-refractivity contribution in [1.29, 1.82) is 0 Å². The van der Waals surface area contributed by atoms with Crippen molar-refractivity contribution in [3.8, 4) is 0 Å². The number of hydrogen-bond acceptors (Lipinski definition) is 6. The summed E-state index contributed by atoms with van der Waals surface area (Å²) in [7, 11) is 1.89. The van der Waals surface area contributed by atoms with Gasteiger partial charge in [0.15, 0.2) is 0 Å². The molecule has 1 aliphatic rings. The van der Waals surface area contributed by atoms with Gasteiger partial charge in [-0.05, 0) is 44.4 Å². The fourth-order valence-corrected chi connectivity index (χ4v) is 4.35. The summed E-state index contributed by atoms with van der Waals surface area (Å²) < 4.78 is 1.90. The van der Waals surface area contributed by atoms with Crippen LogP contribution in [-0.4, -0.2) is 40.8 Å². The number of benzene rings is 1. The molecule has 10 nitrogen and oxygen atoms in total. The molecule has 0 spiro atoms. The largest absolute Gasteiger partial charge is 0.351 e. The van der Waals surface area contributed by atoms with Crippen LogP contribution >= 0.6 is 0 Å². The zero-order valence-electron chi connectivity index (χ0n) is 17.8. The molecule has 1 aromatic heterocycles. The standard InChI is InChI=1S/C21H32N8O2/c1-29-12-10-13-5-2-7-15(18(13)29)20(30)26-17(9-4-11-22)21(31)25-16-8-3-6-14(16)19(27-23)28-24/h2,5,7,10,12,14,16-17H,3-4,6,8-9,11,22-24H2,1H3,(H,25,31)(H,26,30)(H,27,28). The van der Waals surface area contributed by atoms with Crippen molar-refractivity contribution >= 4 is 28.6 Å². The SMILES string of the molecule is Cn1ccc2cccc(C(=O)NC(CCCN)C(=O)NC3CCCC3/C(=N/N)NN)c21. The number of amidine groups is 1. The van der Waals surface area contributed by atoms with Crippen LogP contribution in [0.2, 0.25) is 0 Å². The Labute approximate surface area is 181 Å². The Morgan fingerprint density at radius 2 is 2.10 bits per heavy atom. The summed E-state index contributed by atoms with van der Waals surface area (Å²) in [5.41, 5.74) is 9.53. The molecule has 3 rings (SSSR count). The van der Waals surface area contributed by atoms with Crippen LogP contribution in [0.25, 0.3) is 10.9 Å². The van der Waals surface area contributed by atoms with Crippen LogP contribution in [0.5, 0.6) is 0 Å². The number of rotatable bonds is 8. The van der Waals surface area contributed by atoms with Crippen LogP contribution in [0.1, 0.15) is 42.5 Å². The molecule has 31 heavy (non-hydrogen) atoms. The lowest BCUT2D eigenvalue weighted by Crippen LogP contribution is -2.52. The molecular formula is C21H32N8O2. The second-order valence-electron chi connectivity index (χ2n) is 7.94. The van der Waals surface area contributed by atoms with E-state index in [4.69, 9.17) is 17.4 Å². The van der Waals surface area contributed by atoms with Crippen LogP contribution in [0.4, 0.5) is 0 Å². The highest BCUT2D eigenvalue weighted by Gasteiger charge is 2.34. The summed E-state index contributed by atoms with van der Waals surface area (Å²) >= 11 is 0. The summed E-state index contributed by atoms with van der Waals surface area (Å²) in [6.45, 7) is 0.431. The number of hydrogen-bond donors (Lipinski definition) is 6. The maximum atomic E-state index is 13.1. The van der Waals surface area contributed by atoms with Crippen molar-refractivity contribution in [2.75, 3.05) is 6.54 Å². The van der Waals surface area contributed by atoms with Crippen molar-refractivity contribution in [2.24, 2.45) is 35.5 Å². The van der Waals surface area contributed by atoms with Gasteiger partial charge in [0.1, 0.15) is 11.9 Å². The van der Waals surface area contributed by atoms with E-state index in [2.05, 4.69) is 21.2 Å². The predicted molar refractivity (Wildman–Crippen MR) is 121 cm³/mol. The third kappa shape index (κ3) is 4.97. The minimum atomic E-state index is -0.697. The van der Waals surface area contributed by atoms with Crippen molar-refractivity contribution in [3.05, 3.63) is 36.0 Å². The van der Waals surface area contributed by atoms with Crippen LogP contribution in [0.15, 0.2) is 35.6 Å². The van der Waals surface area contributed by atoms with Gasteiger partial charge in [-0.3, -0.25) is 9.59 Å². The lowest BCUT2D eigenvalue weighted by atomic mass is 10.0. The first kappa shape index (κ1) is 22.6. The normalized spacial score (nSPS) is 19.9. The maximum Gasteiger partial charge on any atom is 0.254 e. The van der Waals surface area contributed by atoms with E-state index >= 15 is 0 Å². The zero-order valence-corrected chi connectivity index (χ0v) is 17.8. The van der Waals surface area contributed by atoms with Crippen LogP contribution in [0.3, 0.4) is 0 Å². The van der Waals surface area contributed by atoms with E-state index in [1.165, 1.54) is 0 Å². The third-order valence-corrected chi connectivity index (χ3v) is 5.94. The lowest BCUT2D eigenvalue weighted by molar-refractivity contribution is -0.124. The van der Waals surface area contributed by atoms with Gasteiger partial charge in [0.2, 0.25) is 5.91 Å². The summed E-state index contributed by atoms with van der Waals surface area (Å²) in [5.74, 6) is 10.8. The van der Waals surface area contributed by atoms with E-state index in [1.807, 2.05) is 36.0 Å². The molecule has 1 heterocycles. The minimum Gasteiger partial charge on any atom is -0.351 e. The molecule has 3 atom stereocenters. The van der Waals surface area contributed by atoms with Gasteiger partial charge in [-0.1, -0.05) is 18.6 Å². The van der Waals surface area contributed by atoms with Gasteiger partial charge in [0, 0.05) is 30.6 Å². The van der Waals surface area contributed by atoms with Crippen LogP contribution < -0.4 is 33.5 Å². The molecule has 2 amide bonds. The molecule has 10 heteroatoms. The highest BCUT2D eigenvalue weighted by Crippen LogP contribution is 2.26. The van der Waals surface area contributed by atoms with E-state index < -0.39 is 6.04 Å². The van der Waals surface area contributed by atoms with Crippen molar-refractivity contribution in [3.63, 3.8) is 0 Å². The summed E-state index contributed by atoms with van der Waals surface area (Å²) in [6, 6.07) is 6.65. The lowest BCUT2D eigenvalue weighted by Gasteiger charge is -2.25. The number of aromatic nitrogens is 1. The third-order valence-electron chi connectivity index (χ3n) is 5.94. The molecule has 9 N–H and O–H groups in total. The van der Waals surface area contributed by atoms with Gasteiger partial charge in [-0.15, -0.1) is 0 Å². The number of nitrogens with two attached hydrogens (primary N) is 3. The van der Waals surface area contributed by atoms with Crippen LogP contribution in [0, 0.1) is 5.92 Å². The second kappa shape index (κ2) is 10.3. The topological polar surface area (TPSA) is 166 Å². The molecule has 2 aromatic rings. The van der Waals surface area contributed by atoms with Crippen LogP contribution in [-0.2, 0) is 11.8 Å². The average Bonchev–Trinajstić information content (AvgIpc) is 3.38. The number of hydrazone groups is 1. The number of nitrogens with zero attached hydrogens (tertiary/aromatic N) is 2. The molecule has 168 valence electrons. The quantitative estimate of drug-likeness (QED) is 0.150. The Balaban J connectivity index is 1.75. The Bertz CT molecular complexity index is 954. The fraction of sp³-hybridized carbons (Fsp3) is 0.476. The number of fused-ring (bicyclic) bond motifs is 1. The minimum absolute atomic E-state index is 0.0815. The Kier molecular flexibility index (Phi) is 7.48. The summed E-state index contributed by atoms with van der Waals surface area (Å²) in [5, 5.41) is 10.6. The fourth-order valence-electron chi connectivity index (χ4n) is 4.35. The molecule has 0 radical (unpaired) electrons. The van der Waals surface area contributed by atoms with Crippen molar-refractivity contribution in [1.82, 2.24) is 20.6 Å². The van der Waals surface area contributed by atoms with Gasteiger partial charge < -0.3 is 32.2 Å². The molecule has 1 saturated carbocycles. The predicted octanol–water partition coefficient (Wildman–Crippen LogP) is 0.0360. The number of carbonyl (C=O) groups is 2. The molecule has 0 saturated heterocycles. The van der Waals surface area contributed by atoms with Gasteiger partial charge >= 0.3 is 0 Å². The first-order chi connectivity index (χ1) is 15.0. The highest BCUT2D eigenvalue weighted by atomic mass is 16.2. The Hall–Kier alpha value is -3.11. The molecule has 3 unspecified atom stereocenters. The van der Waals surface area contributed by atoms with Gasteiger partial charge in [0.25, 0.3) is 5.91 Å². The zero-order chi connectivity index (χ0) is 22.4. The first-order valence-corrected chi connectivity index (χ1v) is 10.6. The summed E-state index contributed by atoms with van der Waals surface area (Å²) in [6.07, 6.45) is 5.49. The van der Waals surface area contributed by atoms with Gasteiger partial charge in [-0.25, -0.2) is 5.84 Å². The first-order valence-electron chi connectivity index (χ1n) is 10.6. The van der Waals surface area contributed by atoms with Crippen molar-refractivity contribution in [2.45, 2.75) is 44.2 Å². The second-order valence-corrected chi connectivity index (χ2v) is 7.94. The molecule has 1 aromatic carbocycles. The van der Waals surface area contributed by atoms with Gasteiger partial charge in [0.05, 0.1) is 11.1 Å². The van der Waals surface area contributed by atoms with E-state index in [-0.39, 0.29) is 23.8 Å². The summed E-state index contributed by atoms with van der Waals surface area (Å²) in [4.78, 5) is 26.2. The van der Waals surface area contributed by atoms with E-state index in [0.29, 0.717) is 30.8 Å². The number of amides is 2. The number of hydrazine groups is 1. The van der Waals surface area contributed by atoms with E-state index in [9.17, 15) is 9.59 Å². The molecule has 0 bridgehead atoms. The monoisotopic (exact) mass is 428 g/mol. The number of para-hydroxylation sites is 1. The Morgan fingerprint density at radius 3 is 2.81 bits per heavy atom. The molecular weight excluding hydrogens is 396 g/mol. The number of carbonyl (C=O) groups excluding carboxylic acids is 2. The molecule has 0 aliphatic heterocycles. The van der Waals surface area contributed by atoms with E-state index in [1.54, 1.807) is 6.07 Å². The smallest absolute Gasteiger partial charge is 0.254 e. The molecule has 1 aliphatic carbocycles. The van der Waals surface area contributed by atoms with Gasteiger partial charge in [-0.2, -0.15) is 5.10 Å². The average molecular weight is 429 g/mol.